The molecule has 1 unspecified atom stereocenters. The van der Waals surface area contributed by atoms with Crippen molar-refractivity contribution in [3.05, 3.63) is 0 Å². The molecule has 0 radical (unpaired) electrons. The van der Waals surface area contributed by atoms with E-state index in [9.17, 15) is 34.2 Å². The molecule has 0 aliphatic carbocycles. The molecule has 4 aliphatic heterocycles. The van der Waals surface area contributed by atoms with E-state index < -0.39 is 29.6 Å². The molecule has 0 saturated carbocycles. The van der Waals surface area contributed by atoms with Gasteiger partial charge in [-0.25, -0.2) is 14.8 Å². The van der Waals surface area contributed by atoms with E-state index in [2.05, 4.69) is 25.9 Å². The van der Waals surface area contributed by atoms with Crippen LogP contribution in [0.25, 0.3) is 0 Å². The summed E-state index contributed by atoms with van der Waals surface area (Å²) in [5, 5.41) is 29.4. The zero-order chi connectivity index (χ0) is 33.5. The number of carbonyl (C=O) groups is 5. The molecule has 256 valence electrons. The molecule has 0 aromatic rings. The number of imide groups is 1. The van der Waals surface area contributed by atoms with Gasteiger partial charge in [0.1, 0.15) is 24.5 Å². The number of alkyl carbamates (subject to hydrolysis) is 1. The van der Waals surface area contributed by atoms with Crippen LogP contribution in [-0.2, 0) is 23.9 Å². The number of likely N-dealkylation sites (tertiary alicyclic amines) is 1. The summed E-state index contributed by atoms with van der Waals surface area (Å²) in [6.07, 6.45) is 6.41. The smallest absolute Gasteiger partial charge is 0.407 e. The van der Waals surface area contributed by atoms with Gasteiger partial charge in [0.2, 0.25) is 23.5 Å². The van der Waals surface area contributed by atoms with Gasteiger partial charge in [-0.3, -0.25) is 19.3 Å². The normalized spacial score (nSPS) is 26.2. The number of amides is 4. The van der Waals surface area contributed by atoms with Gasteiger partial charge in [0.15, 0.2) is 17.6 Å². The van der Waals surface area contributed by atoms with Crippen LogP contribution in [0, 0.1) is 5.92 Å². The van der Waals surface area contributed by atoms with Crippen molar-refractivity contribution >= 4 is 41.5 Å². The summed E-state index contributed by atoms with van der Waals surface area (Å²) in [6.45, 7) is 1.68. The summed E-state index contributed by atoms with van der Waals surface area (Å²) in [4.78, 5) is 71.9. The van der Waals surface area contributed by atoms with Crippen LogP contribution in [-0.4, -0.2) is 118 Å². The molecule has 4 amide bonds. The van der Waals surface area contributed by atoms with Gasteiger partial charge in [0.25, 0.3) is 0 Å². The van der Waals surface area contributed by atoms with Crippen LogP contribution in [0.15, 0.2) is 9.98 Å². The average Bonchev–Trinajstić information content (AvgIpc) is 3.59. The zero-order valence-corrected chi connectivity index (χ0v) is 26.3. The first-order chi connectivity index (χ1) is 21.9. The molecule has 17 heteroatoms. The molecule has 4 aliphatic rings. The second-order valence-electron chi connectivity index (χ2n) is 12.4. The number of hydrogen-bond donors (Lipinski definition) is 7. The summed E-state index contributed by atoms with van der Waals surface area (Å²) in [5.74, 6) is -3.19. The van der Waals surface area contributed by atoms with Crippen LogP contribution in [0.2, 0.25) is 0 Å². The topological polar surface area (TPSA) is 254 Å². The fourth-order valence-electron chi connectivity index (χ4n) is 6.62. The number of ketones is 1. The molecular weight excluding hydrogens is 602 g/mol. The molecule has 9 N–H and O–H groups in total. The molecule has 0 aromatic heterocycles. The van der Waals surface area contributed by atoms with Crippen molar-refractivity contribution in [1.29, 1.82) is 0 Å². The van der Waals surface area contributed by atoms with Crippen LogP contribution >= 0.6 is 0 Å². The first kappa shape index (κ1) is 34.9. The van der Waals surface area contributed by atoms with E-state index in [1.807, 2.05) is 0 Å². The van der Waals surface area contributed by atoms with E-state index >= 15 is 0 Å². The van der Waals surface area contributed by atoms with Gasteiger partial charge in [0.05, 0.1) is 0 Å². The van der Waals surface area contributed by atoms with Crippen molar-refractivity contribution in [2.75, 3.05) is 32.8 Å². The Bertz CT molecular complexity index is 1240. The first-order valence-electron chi connectivity index (χ1n) is 16.0. The Hall–Kier alpha value is -3.99. The maximum Gasteiger partial charge on any atom is 0.407 e. The highest BCUT2D eigenvalue weighted by molar-refractivity contribution is 6.03. The van der Waals surface area contributed by atoms with E-state index in [1.165, 1.54) is 4.90 Å². The minimum Gasteiger partial charge on any atom is -0.447 e. The number of hydrogen-bond acceptors (Lipinski definition) is 14. The third-order valence-electron chi connectivity index (χ3n) is 9.02. The predicted octanol–water partition coefficient (Wildman–Crippen LogP) is -1.63. The summed E-state index contributed by atoms with van der Waals surface area (Å²) < 4.78 is 5.27. The van der Waals surface area contributed by atoms with Gasteiger partial charge in [-0.15, -0.1) is 0 Å². The van der Waals surface area contributed by atoms with Crippen LogP contribution in [0.4, 0.5) is 4.79 Å². The standard InChI is InChI=1S/C29H47N9O8/c1-18(39)8-6-4-2-3-5-7-9-19-16-22(41)37(24(19)42)14-10-21(40)32-12-13-33-27(43)46-17-20-23-29(36-25(30)35-23)28(44,45)11-15-38(29)26(31)34-20/h19-20,23,44-45H,2-17H2,1H3,(H2,31,34)(H,32,40)(H,33,43)(H3,30,35,36)/t19?,20-,23-,29-/m0/s1. The molecule has 2 saturated heterocycles. The quantitative estimate of drug-likeness (QED) is 0.0533. The van der Waals surface area contributed by atoms with Crippen LogP contribution < -0.4 is 27.4 Å². The summed E-state index contributed by atoms with van der Waals surface area (Å²) in [7, 11) is 0. The molecule has 0 bridgehead atoms. The van der Waals surface area contributed by atoms with Crippen LogP contribution in [0.3, 0.4) is 0 Å². The van der Waals surface area contributed by atoms with Gasteiger partial charge in [0, 0.05) is 57.8 Å². The van der Waals surface area contributed by atoms with Gasteiger partial charge in [-0.1, -0.05) is 32.1 Å². The SMILES string of the molecule is CC(=O)CCCCCCCCC1CC(=O)N(CCC(=O)NCCNC(=O)OC[C@@H]2N=C(N)N3CCC(O)(O)[C@@]34NC(N)=N[C@@H]24)C1=O. The third-order valence-corrected chi connectivity index (χ3v) is 9.02. The molecular formula is C29H47N9O8. The zero-order valence-electron chi connectivity index (χ0n) is 26.3. The van der Waals surface area contributed by atoms with Crippen molar-refractivity contribution < 1.29 is 38.9 Å². The Morgan fingerprint density at radius 1 is 1.02 bits per heavy atom. The van der Waals surface area contributed by atoms with Crippen molar-refractivity contribution in [3.8, 4) is 0 Å². The average molecular weight is 650 g/mol. The second-order valence-corrected chi connectivity index (χ2v) is 12.4. The van der Waals surface area contributed by atoms with E-state index in [0.29, 0.717) is 12.8 Å². The van der Waals surface area contributed by atoms with E-state index in [-0.39, 0.29) is 93.4 Å². The lowest BCUT2D eigenvalue weighted by molar-refractivity contribution is -0.221. The summed E-state index contributed by atoms with van der Waals surface area (Å²) >= 11 is 0. The second kappa shape index (κ2) is 15.1. The Kier molecular flexibility index (Phi) is 11.4. The van der Waals surface area contributed by atoms with E-state index in [0.717, 1.165) is 43.4 Å². The number of Topliss-reactive ketones (excluding diaryl/α,β-unsaturated/α-hetero) is 1. The van der Waals surface area contributed by atoms with Crippen molar-refractivity contribution in [2.45, 2.75) is 101 Å². The predicted molar refractivity (Wildman–Crippen MR) is 165 cm³/mol. The van der Waals surface area contributed by atoms with E-state index in [4.69, 9.17) is 16.2 Å². The van der Waals surface area contributed by atoms with Gasteiger partial charge in [-0.05, 0) is 19.8 Å². The molecule has 17 nitrogen and oxygen atoms in total. The molecule has 4 atom stereocenters. The Morgan fingerprint density at radius 3 is 2.46 bits per heavy atom. The lowest BCUT2D eigenvalue weighted by atomic mass is 9.87. The van der Waals surface area contributed by atoms with Crippen molar-refractivity contribution in [3.63, 3.8) is 0 Å². The number of aliphatic imine (C=N–C) groups is 2. The van der Waals surface area contributed by atoms with E-state index in [1.54, 1.807) is 6.92 Å². The van der Waals surface area contributed by atoms with Crippen molar-refractivity contribution in [2.24, 2.45) is 27.4 Å². The van der Waals surface area contributed by atoms with Gasteiger partial charge >= 0.3 is 6.09 Å². The monoisotopic (exact) mass is 649 g/mol. The first-order valence-corrected chi connectivity index (χ1v) is 16.0. The van der Waals surface area contributed by atoms with Crippen LogP contribution in [0.5, 0.6) is 0 Å². The lowest BCUT2D eigenvalue weighted by Gasteiger charge is -2.48. The lowest BCUT2D eigenvalue weighted by Crippen LogP contribution is -2.76. The highest BCUT2D eigenvalue weighted by atomic mass is 16.5. The molecule has 4 rings (SSSR count). The Balaban J connectivity index is 1.09. The largest absolute Gasteiger partial charge is 0.447 e. The number of carbonyl (C=O) groups excluding carboxylic acids is 5. The molecule has 2 fully saturated rings. The Labute approximate surface area is 267 Å². The number of nitrogens with two attached hydrogens (primary N) is 2. The van der Waals surface area contributed by atoms with Crippen LogP contribution in [0.1, 0.15) is 77.6 Å². The number of aliphatic hydroxyl groups is 2. The fraction of sp³-hybridized carbons (Fsp3) is 0.759. The number of nitrogens with zero attached hydrogens (tertiary/aromatic N) is 4. The number of rotatable bonds is 17. The number of unbranched alkanes of at least 4 members (excludes halogenated alkanes) is 5. The highest BCUT2D eigenvalue weighted by Gasteiger charge is 2.69. The maximum absolute atomic E-state index is 12.7. The fourth-order valence-corrected chi connectivity index (χ4v) is 6.62. The maximum atomic E-state index is 12.7. The van der Waals surface area contributed by atoms with Crippen molar-refractivity contribution in [1.82, 2.24) is 25.8 Å². The number of guanidine groups is 2. The van der Waals surface area contributed by atoms with Gasteiger partial charge < -0.3 is 52.1 Å². The minimum absolute atomic E-state index is 0.00155. The third kappa shape index (κ3) is 7.86. The molecule has 0 aromatic carbocycles. The molecule has 1 spiro atoms. The Morgan fingerprint density at radius 2 is 1.72 bits per heavy atom. The molecule has 4 heterocycles. The number of nitrogens with one attached hydrogen (secondary N) is 3. The summed E-state index contributed by atoms with van der Waals surface area (Å²) in [6, 6.07) is -1.72. The minimum atomic E-state index is -2.21. The van der Waals surface area contributed by atoms with Gasteiger partial charge in [-0.2, -0.15) is 0 Å². The highest BCUT2D eigenvalue weighted by Crippen LogP contribution is 2.44. The molecule has 46 heavy (non-hydrogen) atoms. The summed E-state index contributed by atoms with van der Waals surface area (Å²) in [5.41, 5.74) is 10.4. The number of ether oxygens (including phenoxy) is 1.